The molecule has 2 aromatic heterocycles. The van der Waals surface area contributed by atoms with Gasteiger partial charge in [-0.15, -0.1) is 0 Å². The Labute approximate surface area is 152 Å². The molecule has 0 aliphatic carbocycles. The first-order chi connectivity index (χ1) is 12.6. The average molecular weight is 366 g/mol. The fourth-order valence-corrected chi connectivity index (χ4v) is 6.40. The van der Waals surface area contributed by atoms with Crippen LogP contribution < -0.4 is 0 Å². The van der Waals surface area contributed by atoms with Gasteiger partial charge in [0.25, 0.3) is 0 Å². The molecule has 5 rings (SSSR count). The van der Waals surface area contributed by atoms with Crippen LogP contribution in [-0.2, 0) is 16.4 Å². The normalized spacial score (nSPS) is 23.7. The van der Waals surface area contributed by atoms with Gasteiger partial charge in [-0.1, -0.05) is 6.07 Å². The molecule has 5 nitrogen and oxygen atoms in total. The first kappa shape index (κ1) is 15.8. The van der Waals surface area contributed by atoms with Gasteiger partial charge in [0.1, 0.15) is 0 Å². The molecular weight excluding hydrogens is 348 g/mol. The maximum Gasteiger partial charge on any atom is 0.183 e. The van der Waals surface area contributed by atoms with Crippen LogP contribution >= 0.6 is 0 Å². The lowest BCUT2D eigenvalue weighted by molar-refractivity contribution is 0.325. The quantitative estimate of drug-likeness (QED) is 0.713. The van der Waals surface area contributed by atoms with E-state index in [0.29, 0.717) is 11.4 Å². The monoisotopic (exact) mass is 366 g/mol. The second-order valence-corrected chi connectivity index (χ2v) is 9.14. The molecule has 1 aromatic carbocycles. The SMILES string of the molecule is O=S1(=O)c2ccc(-c3ccoc3)cc2[C@@H]2CN(Cc3ccncc3)C[C@@H]21. The predicted octanol–water partition coefficient (Wildman–Crippen LogP) is 3.10. The summed E-state index contributed by atoms with van der Waals surface area (Å²) in [5.74, 6) is 0.0312. The summed E-state index contributed by atoms with van der Waals surface area (Å²) in [7, 11) is -3.27. The van der Waals surface area contributed by atoms with Crippen molar-refractivity contribution in [1.29, 1.82) is 0 Å². The second kappa shape index (κ2) is 5.79. The fourth-order valence-electron chi connectivity index (χ4n) is 4.21. The van der Waals surface area contributed by atoms with Gasteiger partial charge in [-0.3, -0.25) is 9.88 Å². The van der Waals surface area contributed by atoms with E-state index < -0.39 is 9.84 Å². The van der Waals surface area contributed by atoms with E-state index in [2.05, 4.69) is 9.88 Å². The summed E-state index contributed by atoms with van der Waals surface area (Å²) in [5, 5.41) is -0.348. The van der Waals surface area contributed by atoms with Crippen molar-refractivity contribution in [3.63, 3.8) is 0 Å². The van der Waals surface area contributed by atoms with Crippen molar-refractivity contribution in [2.75, 3.05) is 13.1 Å². The van der Waals surface area contributed by atoms with Crippen molar-refractivity contribution in [2.45, 2.75) is 22.6 Å². The number of pyridine rings is 1. The van der Waals surface area contributed by atoms with E-state index in [1.165, 1.54) is 0 Å². The molecule has 26 heavy (non-hydrogen) atoms. The van der Waals surface area contributed by atoms with Gasteiger partial charge in [0, 0.05) is 43.5 Å². The van der Waals surface area contributed by atoms with E-state index in [1.807, 2.05) is 30.3 Å². The van der Waals surface area contributed by atoms with Gasteiger partial charge in [-0.25, -0.2) is 8.42 Å². The van der Waals surface area contributed by atoms with Crippen LogP contribution in [0.4, 0.5) is 0 Å². The molecule has 2 aliphatic rings. The molecule has 1 saturated heterocycles. The van der Waals surface area contributed by atoms with Crippen LogP contribution in [0, 0.1) is 0 Å². The number of furan rings is 1. The largest absolute Gasteiger partial charge is 0.472 e. The van der Waals surface area contributed by atoms with Gasteiger partial charge in [0.05, 0.1) is 22.7 Å². The Morgan fingerprint density at radius 2 is 1.92 bits per heavy atom. The van der Waals surface area contributed by atoms with E-state index >= 15 is 0 Å². The Kier molecular flexibility index (Phi) is 3.52. The van der Waals surface area contributed by atoms with Crippen LogP contribution in [0.25, 0.3) is 11.1 Å². The predicted molar refractivity (Wildman–Crippen MR) is 97.4 cm³/mol. The molecule has 0 bridgehead atoms. The third-order valence-corrected chi connectivity index (χ3v) is 7.73. The minimum Gasteiger partial charge on any atom is -0.472 e. The number of rotatable bonds is 3. The van der Waals surface area contributed by atoms with E-state index in [0.717, 1.165) is 35.3 Å². The van der Waals surface area contributed by atoms with Crippen LogP contribution in [0.15, 0.2) is 70.6 Å². The van der Waals surface area contributed by atoms with Crippen molar-refractivity contribution in [1.82, 2.24) is 9.88 Å². The minimum atomic E-state index is -3.27. The van der Waals surface area contributed by atoms with E-state index in [-0.39, 0.29) is 11.2 Å². The smallest absolute Gasteiger partial charge is 0.183 e. The molecule has 2 atom stereocenters. The number of benzene rings is 1. The molecule has 0 unspecified atom stereocenters. The van der Waals surface area contributed by atoms with E-state index in [4.69, 9.17) is 4.42 Å². The average Bonchev–Trinajstić information content (AvgIpc) is 3.35. The van der Waals surface area contributed by atoms with Gasteiger partial charge in [0.15, 0.2) is 9.84 Å². The number of hydrogen-bond acceptors (Lipinski definition) is 5. The highest BCUT2D eigenvalue weighted by atomic mass is 32.2. The number of fused-ring (bicyclic) bond motifs is 3. The zero-order chi connectivity index (χ0) is 17.7. The van der Waals surface area contributed by atoms with Crippen LogP contribution in [0.2, 0.25) is 0 Å². The third kappa shape index (κ3) is 2.40. The molecule has 2 aliphatic heterocycles. The minimum absolute atomic E-state index is 0.0312. The highest BCUT2D eigenvalue weighted by Crippen LogP contribution is 2.46. The maximum atomic E-state index is 13.0. The maximum absolute atomic E-state index is 13.0. The van der Waals surface area contributed by atoms with Crippen LogP contribution in [0.3, 0.4) is 0 Å². The highest BCUT2D eigenvalue weighted by molar-refractivity contribution is 7.92. The standard InChI is InChI=1S/C20H18N2O3S/c23-26(24)19-2-1-15(16-5-8-25-13-16)9-17(19)18-11-22(12-20(18)26)10-14-3-6-21-7-4-14/h1-9,13,18,20H,10-12H2/t18-,20-/m0/s1. The number of nitrogens with zero attached hydrogens (tertiary/aromatic N) is 2. The molecule has 4 heterocycles. The van der Waals surface area contributed by atoms with Crippen molar-refractivity contribution >= 4 is 9.84 Å². The van der Waals surface area contributed by atoms with Gasteiger partial charge in [-0.05, 0) is 47.0 Å². The Morgan fingerprint density at radius 3 is 2.69 bits per heavy atom. The van der Waals surface area contributed by atoms with Crippen LogP contribution in [-0.4, -0.2) is 36.6 Å². The molecule has 0 amide bonds. The Bertz CT molecular complexity index is 1050. The third-order valence-electron chi connectivity index (χ3n) is 5.47. The van der Waals surface area contributed by atoms with E-state index in [1.54, 1.807) is 31.0 Å². The summed E-state index contributed by atoms with van der Waals surface area (Å²) in [6.45, 7) is 2.08. The number of sulfone groups is 1. The Hall–Kier alpha value is -2.44. The van der Waals surface area contributed by atoms with Gasteiger partial charge < -0.3 is 4.42 Å². The molecule has 6 heteroatoms. The van der Waals surface area contributed by atoms with Crippen LogP contribution in [0.5, 0.6) is 0 Å². The topological polar surface area (TPSA) is 63.4 Å². The summed E-state index contributed by atoms with van der Waals surface area (Å²) in [4.78, 5) is 6.78. The summed E-state index contributed by atoms with van der Waals surface area (Å²) >= 11 is 0. The molecular formula is C20H18N2O3S. The summed E-state index contributed by atoms with van der Waals surface area (Å²) in [6.07, 6.45) is 6.87. The number of likely N-dealkylation sites (tertiary alicyclic amines) is 1. The lowest BCUT2D eigenvalue weighted by Gasteiger charge is -2.17. The molecule has 0 spiro atoms. The summed E-state index contributed by atoms with van der Waals surface area (Å²) < 4.78 is 31.2. The fraction of sp³-hybridized carbons (Fsp3) is 0.250. The lowest BCUT2D eigenvalue weighted by atomic mass is 9.95. The van der Waals surface area contributed by atoms with Crippen LogP contribution in [0.1, 0.15) is 17.0 Å². The second-order valence-electron chi connectivity index (χ2n) is 7.00. The van der Waals surface area contributed by atoms with Gasteiger partial charge in [-0.2, -0.15) is 0 Å². The van der Waals surface area contributed by atoms with Crippen molar-refractivity contribution < 1.29 is 12.8 Å². The Balaban J connectivity index is 1.49. The van der Waals surface area contributed by atoms with Gasteiger partial charge >= 0.3 is 0 Å². The lowest BCUT2D eigenvalue weighted by Crippen LogP contribution is -2.25. The molecule has 0 radical (unpaired) electrons. The first-order valence-electron chi connectivity index (χ1n) is 8.64. The van der Waals surface area contributed by atoms with Gasteiger partial charge in [0.2, 0.25) is 0 Å². The first-order valence-corrected chi connectivity index (χ1v) is 10.2. The number of hydrogen-bond donors (Lipinski definition) is 0. The molecule has 0 saturated carbocycles. The molecule has 132 valence electrons. The zero-order valence-corrected chi connectivity index (χ0v) is 14.9. The summed E-state index contributed by atoms with van der Waals surface area (Å²) in [6, 6.07) is 11.5. The molecule has 1 fully saturated rings. The Morgan fingerprint density at radius 1 is 1.08 bits per heavy atom. The van der Waals surface area contributed by atoms with Crippen molar-refractivity contribution in [3.8, 4) is 11.1 Å². The summed E-state index contributed by atoms with van der Waals surface area (Å²) in [5.41, 5.74) is 4.08. The zero-order valence-electron chi connectivity index (χ0n) is 14.1. The molecule has 0 N–H and O–H groups in total. The van der Waals surface area contributed by atoms with Crippen molar-refractivity contribution in [3.05, 3.63) is 72.4 Å². The number of aromatic nitrogens is 1. The highest BCUT2D eigenvalue weighted by Gasteiger charge is 2.50. The molecule has 3 aromatic rings. The van der Waals surface area contributed by atoms with E-state index in [9.17, 15) is 8.42 Å². The van der Waals surface area contributed by atoms with Crippen molar-refractivity contribution in [2.24, 2.45) is 0 Å².